The minimum absolute atomic E-state index is 0.235. The fourth-order valence-corrected chi connectivity index (χ4v) is 1.75. The van der Waals surface area contributed by atoms with Gasteiger partial charge in [0.1, 0.15) is 6.10 Å². The van der Waals surface area contributed by atoms with Gasteiger partial charge in [0.15, 0.2) is 5.65 Å². The van der Waals surface area contributed by atoms with E-state index in [0.717, 1.165) is 0 Å². The molecule has 0 bridgehead atoms. The van der Waals surface area contributed by atoms with Crippen LogP contribution in [0.4, 0.5) is 0 Å². The lowest BCUT2D eigenvalue weighted by Gasteiger charge is -2.16. The van der Waals surface area contributed by atoms with Gasteiger partial charge in [0.05, 0.1) is 31.0 Å². The number of carbonyl (C=O) groups excluding carboxylic acids is 1. The van der Waals surface area contributed by atoms with Gasteiger partial charge in [-0.2, -0.15) is 5.10 Å². The van der Waals surface area contributed by atoms with Crippen molar-refractivity contribution in [2.24, 2.45) is 0 Å². The third-order valence-corrected chi connectivity index (χ3v) is 2.65. The molecule has 0 spiro atoms. The van der Waals surface area contributed by atoms with Gasteiger partial charge in [-0.05, 0) is 19.1 Å². The van der Waals surface area contributed by atoms with Crippen molar-refractivity contribution in [3.05, 3.63) is 30.2 Å². The standard InChI is InChI=1S/C12H15N3O4/c1-2-19-11(17)6-9(16)12(18)8-7-13-10-4-3-5-14-15(8)10/h3-5,7,9,12,16,18H,2,6H2,1H3. The predicted octanol–water partition coefficient (Wildman–Crippen LogP) is 0.0768. The first-order valence-corrected chi connectivity index (χ1v) is 5.94. The van der Waals surface area contributed by atoms with Crippen LogP contribution in [0, 0.1) is 0 Å². The third kappa shape index (κ3) is 2.88. The van der Waals surface area contributed by atoms with Gasteiger partial charge in [-0.15, -0.1) is 0 Å². The van der Waals surface area contributed by atoms with E-state index >= 15 is 0 Å². The zero-order chi connectivity index (χ0) is 13.8. The van der Waals surface area contributed by atoms with Crippen LogP contribution in [0.15, 0.2) is 24.5 Å². The zero-order valence-corrected chi connectivity index (χ0v) is 10.4. The smallest absolute Gasteiger partial charge is 0.308 e. The molecular weight excluding hydrogens is 250 g/mol. The van der Waals surface area contributed by atoms with Crippen molar-refractivity contribution in [1.29, 1.82) is 0 Å². The zero-order valence-electron chi connectivity index (χ0n) is 10.4. The largest absolute Gasteiger partial charge is 0.466 e. The summed E-state index contributed by atoms with van der Waals surface area (Å²) in [4.78, 5) is 15.3. The molecule has 2 rings (SSSR count). The number of nitrogens with zero attached hydrogens (tertiary/aromatic N) is 3. The van der Waals surface area contributed by atoms with Gasteiger partial charge in [0.25, 0.3) is 0 Å². The fourth-order valence-electron chi connectivity index (χ4n) is 1.75. The molecule has 0 aliphatic carbocycles. The van der Waals surface area contributed by atoms with E-state index in [1.165, 1.54) is 10.7 Å². The van der Waals surface area contributed by atoms with Crippen LogP contribution in [0.25, 0.3) is 5.65 Å². The summed E-state index contributed by atoms with van der Waals surface area (Å²) in [6.07, 6.45) is 0.161. The molecule has 0 aromatic carbocycles. The van der Waals surface area contributed by atoms with Crippen molar-refractivity contribution in [1.82, 2.24) is 14.6 Å². The Bertz CT molecular complexity index is 569. The van der Waals surface area contributed by atoms with E-state index in [1.54, 1.807) is 25.3 Å². The van der Waals surface area contributed by atoms with Crippen LogP contribution >= 0.6 is 0 Å². The molecule has 2 N–H and O–H groups in total. The number of imidazole rings is 1. The van der Waals surface area contributed by atoms with Crippen LogP contribution in [0.1, 0.15) is 25.1 Å². The number of rotatable bonds is 5. The summed E-state index contributed by atoms with van der Waals surface area (Å²) >= 11 is 0. The summed E-state index contributed by atoms with van der Waals surface area (Å²) in [5, 5.41) is 23.9. The summed E-state index contributed by atoms with van der Waals surface area (Å²) < 4.78 is 6.14. The van der Waals surface area contributed by atoms with Crippen LogP contribution in [0.5, 0.6) is 0 Å². The van der Waals surface area contributed by atoms with Crippen LogP contribution in [0.2, 0.25) is 0 Å². The molecule has 0 saturated heterocycles. The lowest BCUT2D eigenvalue weighted by atomic mass is 10.1. The van der Waals surface area contributed by atoms with E-state index in [-0.39, 0.29) is 13.0 Å². The Morgan fingerprint density at radius 2 is 2.32 bits per heavy atom. The number of ether oxygens (including phenoxy) is 1. The Kier molecular flexibility index (Phi) is 4.08. The molecule has 102 valence electrons. The van der Waals surface area contributed by atoms with Gasteiger partial charge in [-0.25, -0.2) is 9.50 Å². The van der Waals surface area contributed by atoms with Gasteiger partial charge in [-0.3, -0.25) is 4.79 Å². The number of fused-ring (bicyclic) bond motifs is 1. The average Bonchev–Trinajstić information content (AvgIpc) is 2.81. The minimum atomic E-state index is -1.26. The number of carbonyl (C=O) groups is 1. The number of hydrogen-bond acceptors (Lipinski definition) is 6. The van der Waals surface area contributed by atoms with Crippen LogP contribution in [0.3, 0.4) is 0 Å². The molecule has 2 atom stereocenters. The second-order valence-corrected chi connectivity index (χ2v) is 4.00. The highest BCUT2D eigenvalue weighted by Gasteiger charge is 2.25. The van der Waals surface area contributed by atoms with Crippen LogP contribution in [-0.2, 0) is 9.53 Å². The maximum absolute atomic E-state index is 11.3. The Hall–Kier alpha value is -1.99. The third-order valence-electron chi connectivity index (χ3n) is 2.65. The van der Waals surface area contributed by atoms with Crippen LogP contribution < -0.4 is 0 Å². The molecule has 19 heavy (non-hydrogen) atoms. The number of aliphatic hydroxyl groups is 2. The van der Waals surface area contributed by atoms with Crippen molar-refractivity contribution >= 4 is 11.6 Å². The highest BCUT2D eigenvalue weighted by molar-refractivity contribution is 5.70. The quantitative estimate of drug-likeness (QED) is 0.743. The predicted molar refractivity (Wildman–Crippen MR) is 65.2 cm³/mol. The lowest BCUT2D eigenvalue weighted by molar-refractivity contribution is -0.147. The monoisotopic (exact) mass is 265 g/mol. The molecule has 7 heteroatoms. The fraction of sp³-hybridized carbons (Fsp3) is 0.417. The summed E-state index contributed by atoms with van der Waals surface area (Å²) in [5.41, 5.74) is 0.882. The van der Waals surface area contributed by atoms with Gasteiger partial charge in [0.2, 0.25) is 0 Å². The summed E-state index contributed by atoms with van der Waals surface area (Å²) in [7, 11) is 0. The normalized spacial score (nSPS) is 14.3. The first-order valence-electron chi connectivity index (χ1n) is 5.94. The first kappa shape index (κ1) is 13.4. The molecule has 2 unspecified atom stereocenters. The molecule has 7 nitrogen and oxygen atoms in total. The summed E-state index contributed by atoms with van der Waals surface area (Å²) in [6, 6.07) is 3.44. The summed E-state index contributed by atoms with van der Waals surface area (Å²) in [5.74, 6) is -0.559. The van der Waals surface area contributed by atoms with E-state index in [2.05, 4.69) is 10.1 Å². The van der Waals surface area contributed by atoms with Crippen molar-refractivity contribution < 1.29 is 19.7 Å². The van der Waals surface area contributed by atoms with Gasteiger partial charge in [0, 0.05) is 6.20 Å². The average molecular weight is 265 g/mol. The summed E-state index contributed by atoms with van der Waals surface area (Å²) in [6.45, 7) is 1.91. The van der Waals surface area contributed by atoms with Gasteiger partial charge in [-0.1, -0.05) is 0 Å². The molecule has 2 heterocycles. The SMILES string of the molecule is CCOC(=O)CC(O)C(O)c1cnc2cccnn12. The van der Waals surface area contributed by atoms with E-state index in [1.807, 2.05) is 0 Å². The molecular formula is C12H15N3O4. The van der Waals surface area contributed by atoms with E-state index in [0.29, 0.717) is 11.3 Å². The molecule has 0 saturated carbocycles. The lowest BCUT2D eigenvalue weighted by Crippen LogP contribution is -2.24. The number of hydrogen-bond donors (Lipinski definition) is 2. The van der Waals surface area contributed by atoms with E-state index in [4.69, 9.17) is 4.74 Å². The minimum Gasteiger partial charge on any atom is -0.466 e. The Balaban J connectivity index is 2.14. The molecule has 0 aliphatic heterocycles. The Labute approximate surface area is 109 Å². The van der Waals surface area contributed by atoms with Crippen molar-refractivity contribution in [3.8, 4) is 0 Å². The van der Waals surface area contributed by atoms with Crippen molar-refractivity contribution in [3.63, 3.8) is 0 Å². The number of aliphatic hydroxyl groups excluding tert-OH is 2. The molecule has 0 amide bonds. The maximum atomic E-state index is 11.3. The van der Waals surface area contributed by atoms with Crippen molar-refractivity contribution in [2.45, 2.75) is 25.6 Å². The number of esters is 1. The topological polar surface area (TPSA) is 97.0 Å². The van der Waals surface area contributed by atoms with Crippen molar-refractivity contribution in [2.75, 3.05) is 6.61 Å². The first-order chi connectivity index (χ1) is 9.13. The molecule has 0 fully saturated rings. The molecule has 2 aromatic heterocycles. The number of aromatic nitrogens is 3. The van der Waals surface area contributed by atoms with Gasteiger partial charge < -0.3 is 14.9 Å². The van der Waals surface area contributed by atoms with E-state index < -0.39 is 18.2 Å². The highest BCUT2D eigenvalue weighted by atomic mass is 16.5. The molecule has 0 aliphatic rings. The Morgan fingerprint density at radius 1 is 1.53 bits per heavy atom. The molecule has 0 radical (unpaired) electrons. The maximum Gasteiger partial charge on any atom is 0.308 e. The second kappa shape index (κ2) is 5.77. The second-order valence-electron chi connectivity index (χ2n) is 4.00. The highest BCUT2D eigenvalue weighted by Crippen LogP contribution is 2.19. The van der Waals surface area contributed by atoms with E-state index in [9.17, 15) is 15.0 Å². The van der Waals surface area contributed by atoms with Crippen LogP contribution in [-0.4, -0.2) is 43.5 Å². The Morgan fingerprint density at radius 3 is 3.05 bits per heavy atom. The molecule has 2 aromatic rings. The van der Waals surface area contributed by atoms with Gasteiger partial charge >= 0.3 is 5.97 Å².